The zero-order valence-electron chi connectivity index (χ0n) is 9.40. The summed E-state index contributed by atoms with van der Waals surface area (Å²) in [4.78, 5) is 11.3. The molecule has 0 aliphatic carbocycles. The first kappa shape index (κ1) is 10.9. The lowest BCUT2D eigenvalue weighted by molar-refractivity contribution is 0.0593. The fourth-order valence-electron chi connectivity index (χ4n) is 1.66. The Hall–Kier alpha value is -1.56. The molecule has 2 rings (SSSR count). The van der Waals surface area contributed by atoms with E-state index in [9.17, 15) is 4.79 Å². The van der Waals surface area contributed by atoms with Gasteiger partial charge in [-0.3, -0.25) is 0 Å². The zero-order valence-corrected chi connectivity index (χ0v) is 9.40. The molecule has 6 heteroatoms. The van der Waals surface area contributed by atoms with Gasteiger partial charge in [0, 0.05) is 19.7 Å². The molecule has 2 heterocycles. The van der Waals surface area contributed by atoms with Crippen molar-refractivity contribution >= 4 is 5.97 Å². The monoisotopic (exact) mass is 225 g/mol. The molecule has 16 heavy (non-hydrogen) atoms. The minimum Gasteiger partial charge on any atom is -0.473 e. The van der Waals surface area contributed by atoms with Gasteiger partial charge >= 0.3 is 5.97 Å². The Bertz CT molecular complexity index is 383. The number of rotatable bonds is 3. The molecule has 0 aromatic carbocycles. The van der Waals surface area contributed by atoms with E-state index in [4.69, 9.17) is 4.74 Å². The SMILES string of the molecule is COC(=O)c1cc(OC2CCNC2)n(C)n1. The minimum absolute atomic E-state index is 0.154. The molecule has 1 saturated heterocycles. The van der Waals surface area contributed by atoms with Crippen LogP contribution in [0.4, 0.5) is 0 Å². The molecule has 0 saturated carbocycles. The largest absolute Gasteiger partial charge is 0.473 e. The van der Waals surface area contributed by atoms with Crippen LogP contribution in [0.3, 0.4) is 0 Å². The zero-order chi connectivity index (χ0) is 11.5. The number of nitrogens with zero attached hydrogens (tertiary/aromatic N) is 2. The summed E-state index contributed by atoms with van der Waals surface area (Å²) in [6, 6.07) is 1.60. The molecule has 88 valence electrons. The first-order valence-electron chi connectivity index (χ1n) is 5.20. The molecule has 1 fully saturated rings. The van der Waals surface area contributed by atoms with Crippen molar-refractivity contribution in [1.29, 1.82) is 0 Å². The second kappa shape index (κ2) is 4.52. The van der Waals surface area contributed by atoms with Gasteiger partial charge < -0.3 is 14.8 Å². The van der Waals surface area contributed by atoms with Crippen molar-refractivity contribution in [3.8, 4) is 5.88 Å². The van der Waals surface area contributed by atoms with Crippen LogP contribution in [-0.2, 0) is 11.8 Å². The maximum atomic E-state index is 11.3. The van der Waals surface area contributed by atoms with Crippen LogP contribution in [0.2, 0.25) is 0 Å². The number of esters is 1. The van der Waals surface area contributed by atoms with E-state index in [1.165, 1.54) is 7.11 Å². The van der Waals surface area contributed by atoms with Gasteiger partial charge in [0.1, 0.15) is 6.10 Å². The lowest BCUT2D eigenvalue weighted by Gasteiger charge is -2.11. The van der Waals surface area contributed by atoms with Crippen molar-refractivity contribution < 1.29 is 14.3 Å². The van der Waals surface area contributed by atoms with E-state index < -0.39 is 5.97 Å². The second-order valence-electron chi connectivity index (χ2n) is 3.72. The summed E-state index contributed by atoms with van der Waals surface area (Å²) in [6.45, 7) is 1.80. The number of hydrogen-bond acceptors (Lipinski definition) is 5. The number of hydrogen-bond donors (Lipinski definition) is 1. The molecular formula is C10H15N3O3. The predicted octanol–water partition coefficient (Wildman–Crippen LogP) is -0.0526. The van der Waals surface area contributed by atoms with E-state index in [0.717, 1.165) is 19.5 Å². The van der Waals surface area contributed by atoms with Crippen molar-refractivity contribution in [2.45, 2.75) is 12.5 Å². The van der Waals surface area contributed by atoms with Gasteiger partial charge in [-0.05, 0) is 13.0 Å². The third-order valence-electron chi connectivity index (χ3n) is 2.53. The molecule has 1 aromatic heterocycles. The van der Waals surface area contributed by atoms with Crippen LogP contribution in [0.15, 0.2) is 6.07 Å². The number of methoxy groups -OCH3 is 1. The number of ether oxygens (including phenoxy) is 2. The Morgan fingerprint density at radius 1 is 1.69 bits per heavy atom. The normalized spacial score (nSPS) is 19.8. The third kappa shape index (κ3) is 2.16. The molecule has 0 spiro atoms. The van der Waals surface area contributed by atoms with Crippen molar-refractivity contribution in [3.05, 3.63) is 11.8 Å². The highest BCUT2D eigenvalue weighted by molar-refractivity contribution is 5.87. The van der Waals surface area contributed by atoms with E-state index in [1.54, 1.807) is 17.8 Å². The number of carbonyl (C=O) groups excluding carboxylic acids is 1. The van der Waals surface area contributed by atoms with Crippen LogP contribution in [0, 0.1) is 0 Å². The van der Waals surface area contributed by atoms with E-state index in [-0.39, 0.29) is 11.8 Å². The topological polar surface area (TPSA) is 65.4 Å². The van der Waals surface area contributed by atoms with Gasteiger partial charge in [0.25, 0.3) is 0 Å². The van der Waals surface area contributed by atoms with Crippen LogP contribution >= 0.6 is 0 Å². The summed E-state index contributed by atoms with van der Waals surface area (Å²) < 4.78 is 11.8. The number of carbonyl (C=O) groups is 1. The van der Waals surface area contributed by atoms with Gasteiger partial charge in [-0.15, -0.1) is 0 Å². The molecule has 1 atom stereocenters. The molecule has 6 nitrogen and oxygen atoms in total. The second-order valence-corrected chi connectivity index (χ2v) is 3.72. The van der Waals surface area contributed by atoms with Crippen LogP contribution in [-0.4, -0.2) is 42.1 Å². The first-order chi connectivity index (χ1) is 7.70. The number of nitrogens with one attached hydrogen (secondary N) is 1. The van der Waals surface area contributed by atoms with Crippen molar-refractivity contribution in [2.75, 3.05) is 20.2 Å². The van der Waals surface area contributed by atoms with E-state index in [0.29, 0.717) is 5.88 Å². The molecule has 0 radical (unpaired) electrons. The Balaban J connectivity index is 2.08. The van der Waals surface area contributed by atoms with Crippen LogP contribution in [0.5, 0.6) is 5.88 Å². The standard InChI is InChI=1S/C10H15N3O3/c1-13-9(16-7-3-4-11-6-7)5-8(12-13)10(14)15-2/h5,7,11H,3-4,6H2,1-2H3. The third-order valence-corrected chi connectivity index (χ3v) is 2.53. The van der Waals surface area contributed by atoms with Crippen molar-refractivity contribution in [1.82, 2.24) is 15.1 Å². The smallest absolute Gasteiger partial charge is 0.358 e. The molecule has 0 bridgehead atoms. The van der Waals surface area contributed by atoms with E-state index in [2.05, 4.69) is 15.2 Å². The van der Waals surface area contributed by atoms with Gasteiger partial charge in [-0.25, -0.2) is 9.48 Å². The maximum Gasteiger partial charge on any atom is 0.358 e. The summed E-state index contributed by atoms with van der Waals surface area (Å²) in [7, 11) is 3.07. The van der Waals surface area contributed by atoms with Gasteiger partial charge in [0.05, 0.1) is 7.11 Å². The molecule has 1 N–H and O–H groups in total. The highest BCUT2D eigenvalue weighted by Gasteiger charge is 2.20. The van der Waals surface area contributed by atoms with Gasteiger partial charge in [0.2, 0.25) is 5.88 Å². The van der Waals surface area contributed by atoms with Gasteiger partial charge in [-0.1, -0.05) is 0 Å². The molecule has 1 aliphatic heterocycles. The van der Waals surface area contributed by atoms with E-state index in [1.807, 2.05) is 0 Å². The summed E-state index contributed by atoms with van der Waals surface area (Å²) in [5.41, 5.74) is 0.269. The summed E-state index contributed by atoms with van der Waals surface area (Å²) in [5, 5.41) is 7.23. The Labute approximate surface area is 93.5 Å². The van der Waals surface area contributed by atoms with Crippen LogP contribution in [0.25, 0.3) is 0 Å². The van der Waals surface area contributed by atoms with Crippen molar-refractivity contribution in [3.63, 3.8) is 0 Å². The molecule has 1 unspecified atom stereocenters. The number of aryl methyl sites for hydroxylation is 1. The lowest BCUT2D eigenvalue weighted by Crippen LogP contribution is -2.20. The van der Waals surface area contributed by atoms with Crippen LogP contribution in [0.1, 0.15) is 16.9 Å². The highest BCUT2D eigenvalue weighted by Crippen LogP contribution is 2.16. The first-order valence-corrected chi connectivity index (χ1v) is 5.20. The van der Waals surface area contributed by atoms with Gasteiger partial charge in [-0.2, -0.15) is 5.10 Å². The Morgan fingerprint density at radius 2 is 2.50 bits per heavy atom. The fraction of sp³-hybridized carbons (Fsp3) is 0.600. The highest BCUT2D eigenvalue weighted by atomic mass is 16.5. The average molecular weight is 225 g/mol. The van der Waals surface area contributed by atoms with Crippen LogP contribution < -0.4 is 10.1 Å². The van der Waals surface area contributed by atoms with Gasteiger partial charge in [0.15, 0.2) is 5.69 Å². The predicted molar refractivity (Wildman–Crippen MR) is 56.5 cm³/mol. The summed E-state index contributed by atoms with van der Waals surface area (Å²) in [5.74, 6) is 0.143. The summed E-state index contributed by atoms with van der Waals surface area (Å²) >= 11 is 0. The Kier molecular flexibility index (Phi) is 3.09. The lowest BCUT2D eigenvalue weighted by atomic mass is 10.3. The minimum atomic E-state index is -0.449. The molecule has 1 aromatic rings. The van der Waals surface area contributed by atoms with Crippen molar-refractivity contribution in [2.24, 2.45) is 7.05 Å². The average Bonchev–Trinajstić information content (AvgIpc) is 2.89. The maximum absolute atomic E-state index is 11.3. The summed E-state index contributed by atoms with van der Waals surface area (Å²) in [6.07, 6.45) is 1.12. The Morgan fingerprint density at radius 3 is 3.12 bits per heavy atom. The molecular weight excluding hydrogens is 210 g/mol. The molecule has 0 amide bonds. The van der Waals surface area contributed by atoms with E-state index >= 15 is 0 Å². The fourth-order valence-corrected chi connectivity index (χ4v) is 1.66. The quantitative estimate of drug-likeness (QED) is 0.730. The number of aromatic nitrogens is 2. The molecule has 1 aliphatic rings.